The largest absolute Gasteiger partial charge is 0.452 e. The van der Waals surface area contributed by atoms with E-state index in [9.17, 15) is 22.8 Å². The average molecular weight is 381 g/mol. The third-order valence-corrected chi connectivity index (χ3v) is 5.52. The Kier molecular flexibility index (Phi) is 4.47. The van der Waals surface area contributed by atoms with Crippen LogP contribution in [-0.4, -0.2) is 25.3 Å². The van der Waals surface area contributed by atoms with E-state index in [4.69, 9.17) is 0 Å². The number of nitrogens with zero attached hydrogens (tertiary/aromatic N) is 1. The van der Waals surface area contributed by atoms with Gasteiger partial charge in [0.05, 0.1) is 12.8 Å². The van der Waals surface area contributed by atoms with Crippen molar-refractivity contribution in [3.05, 3.63) is 59.7 Å². The zero-order chi connectivity index (χ0) is 19.1. The number of carbonyl (C=O) groups is 2. The Labute approximate surface area is 151 Å². The SMILES string of the molecule is COC(=O)N1C(=O)[C@@](Sc2ccc(C)cc2)(C(F)(F)F)c2ccccc21. The average Bonchev–Trinajstić information content (AvgIpc) is 2.85. The van der Waals surface area contributed by atoms with Crippen molar-refractivity contribution in [3.8, 4) is 0 Å². The number of carbonyl (C=O) groups excluding carboxylic acids is 2. The number of methoxy groups -OCH3 is 1. The molecule has 26 heavy (non-hydrogen) atoms. The quantitative estimate of drug-likeness (QED) is 0.759. The minimum Gasteiger partial charge on any atom is -0.452 e. The number of alkyl halides is 3. The molecule has 136 valence electrons. The smallest absolute Gasteiger partial charge is 0.421 e. The van der Waals surface area contributed by atoms with E-state index < -0.39 is 22.9 Å². The molecule has 2 aromatic carbocycles. The number of para-hydroxylation sites is 1. The van der Waals surface area contributed by atoms with Gasteiger partial charge in [-0.05, 0) is 25.1 Å². The molecule has 1 aliphatic rings. The lowest BCUT2D eigenvalue weighted by Gasteiger charge is -2.30. The lowest BCUT2D eigenvalue weighted by molar-refractivity contribution is -0.169. The number of aryl methyl sites for hydroxylation is 1. The molecule has 4 nitrogen and oxygen atoms in total. The second-order valence-corrected chi connectivity index (χ2v) is 7.01. The fourth-order valence-electron chi connectivity index (χ4n) is 2.83. The lowest BCUT2D eigenvalue weighted by atomic mass is 9.99. The lowest BCUT2D eigenvalue weighted by Crippen LogP contribution is -2.49. The van der Waals surface area contributed by atoms with E-state index >= 15 is 0 Å². The van der Waals surface area contributed by atoms with E-state index in [1.54, 1.807) is 12.1 Å². The molecule has 0 bridgehead atoms. The summed E-state index contributed by atoms with van der Waals surface area (Å²) in [5.74, 6) is -1.39. The molecule has 1 atom stereocenters. The predicted octanol–water partition coefficient (Wildman–Crippen LogP) is 4.66. The van der Waals surface area contributed by atoms with E-state index in [1.807, 2.05) is 6.92 Å². The summed E-state index contributed by atoms with van der Waals surface area (Å²) in [7, 11) is 1.01. The minimum atomic E-state index is -4.93. The number of hydrogen-bond donors (Lipinski definition) is 0. The Morgan fingerprint density at radius 2 is 1.73 bits per heavy atom. The van der Waals surface area contributed by atoms with Gasteiger partial charge in [-0.25, -0.2) is 9.69 Å². The van der Waals surface area contributed by atoms with Crippen molar-refractivity contribution in [3.63, 3.8) is 0 Å². The molecule has 0 N–H and O–H groups in total. The Bertz CT molecular complexity index is 867. The molecule has 0 fully saturated rings. The van der Waals surface area contributed by atoms with Crippen molar-refractivity contribution in [1.82, 2.24) is 0 Å². The Hall–Kier alpha value is -2.48. The molecular weight excluding hydrogens is 367 g/mol. The van der Waals surface area contributed by atoms with Crippen LogP contribution in [-0.2, 0) is 14.3 Å². The van der Waals surface area contributed by atoms with Crippen molar-refractivity contribution in [2.75, 3.05) is 12.0 Å². The summed E-state index contributed by atoms with van der Waals surface area (Å²) in [6, 6.07) is 11.7. The summed E-state index contributed by atoms with van der Waals surface area (Å²) in [6.07, 6.45) is -6.09. The Morgan fingerprint density at radius 1 is 1.12 bits per heavy atom. The van der Waals surface area contributed by atoms with Crippen LogP contribution in [0.25, 0.3) is 0 Å². The number of benzene rings is 2. The standard InChI is InChI=1S/C18H14F3NO3S/c1-11-7-9-12(10-8-11)26-17(18(19,20)21)13-5-3-4-6-14(13)22(15(17)23)16(24)25-2/h3-10H,1-2H3/t17-/m1/s1. The summed E-state index contributed by atoms with van der Waals surface area (Å²) in [4.78, 5) is 25.6. The highest BCUT2D eigenvalue weighted by atomic mass is 32.2. The number of rotatable bonds is 2. The van der Waals surface area contributed by atoms with Crippen molar-refractivity contribution >= 4 is 29.4 Å². The fraction of sp³-hybridized carbons (Fsp3) is 0.222. The van der Waals surface area contributed by atoms with E-state index in [0.29, 0.717) is 16.7 Å². The molecule has 0 saturated heterocycles. The molecule has 0 unspecified atom stereocenters. The van der Waals surface area contributed by atoms with E-state index in [-0.39, 0.29) is 16.1 Å². The first-order valence-electron chi connectivity index (χ1n) is 7.57. The first kappa shape index (κ1) is 18.3. The number of amides is 2. The zero-order valence-corrected chi connectivity index (χ0v) is 14.6. The maximum Gasteiger partial charge on any atom is 0.421 e. The Morgan fingerprint density at radius 3 is 2.31 bits per heavy atom. The van der Waals surface area contributed by atoms with Crippen LogP contribution in [0, 0.1) is 6.92 Å². The third-order valence-electron chi connectivity index (χ3n) is 4.08. The number of halogens is 3. The summed E-state index contributed by atoms with van der Waals surface area (Å²) >= 11 is 0.373. The van der Waals surface area contributed by atoms with Crippen LogP contribution in [0.5, 0.6) is 0 Å². The third kappa shape index (κ3) is 2.65. The molecular formula is C18H14F3NO3S. The summed E-state index contributed by atoms with van der Waals surface area (Å²) in [5, 5.41) is 0. The van der Waals surface area contributed by atoms with Gasteiger partial charge in [0.1, 0.15) is 0 Å². The Balaban J connectivity index is 2.22. The number of thioether (sulfide) groups is 1. The molecule has 1 heterocycles. The van der Waals surface area contributed by atoms with Crippen LogP contribution in [0.15, 0.2) is 53.4 Å². The van der Waals surface area contributed by atoms with Crippen molar-refractivity contribution in [2.45, 2.75) is 22.7 Å². The van der Waals surface area contributed by atoms with Gasteiger partial charge in [0.2, 0.25) is 4.75 Å². The second-order valence-electron chi connectivity index (χ2n) is 5.72. The van der Waals surface area contributed by atoms with Gasteiger partial charge < -0.3 is 4.74 Å². The normalized spacial score (nSPS) is 19.4. The van der Waals surface area contributed by atoms with Gasteiger partial charge in [-0.3, -0.25) is 4.79 Å². The summed E-state index contributed by atoms with van der Waals surface area (Å²) in [6.45, 7) is 1.81. The number of imide groups is 1. The maximum absolute atomic E-state index is 14.2. The van der Waals surface area contributed by atoms with Gasteiger partial charge in [0.15, 0.2) is 0 Å². The number of anilines is 1. The highest BCUT2D eigenvalue weighted by Gasteiger charge is 2.69. The van der Waals surface area contributed by atoms with Crippen molar-refractivity contribution in [1.29, 1.82) is 0 Å². The van der Waals surface area contributed by atoms with Gasteiger partial charge in [-0.1, -0.05) is 47.7 Å². The minimum absolute atomic E-state index is 0.124. The molecule has 3 rings (SSSR count). The van der Waals surface area contributed by atoms with Gasteiger partial charge in [0, 0.05) is 10.5 Å². The molecule has 0 radical (unpaired) electrons. The molecule has 0 aliphatic carbocycles. The van der Waals surface area contributed by atoms with E-state index in [1.165, 1.54) is 36.4 Å². The highest BCUT2D eigenvalue weighted by molar-refractivity contribution is 8.01. The molecule has 0 saturated carbocycles. The first-order chi connectivity index (χ1) is 12.2. The topological polar surface area (TPSA) is 46.6 Å². The van der Waals surface area contributed by atoms with Crippen molar-refractivity contribution in [2.24, 2.45) is 0 Å². The fourth-order valence-corrected chi connectivity index (χ4v) is 4.04. The number of fused-ring (bicyclic) bond motifs is 1. The van der Waals surface area contributed by atoms with Crippen LogP contribution in [0.4, 0.5) is 23.7 Å². The second kappa shape index (κ2) is 6.35. The maximum atomic E-state index is 14.2. The van der Waals surface area contributed by atoms with Gasteiger partial charge in [-0.15, -0.1) is 0 Å². The zero-order valence-electron chi connectivity index (χ0n) is 13.8. The highest BCUT2D eigenvalue weighted by Crippen LogP contribution is 2.59. The summed E-state index contributed by atoms with van der Waals surface area (Å²) < 4.78 is 44.3. The van der Waals surface area contributed by atoms with Crippen LogP contribution in [0.1, 0.15) is 11.1 Å². The predicted molar refractivity (Wildman–Crippen MR) is 91.1 cm³/mol. The molecule has 0 spiro atoms. The van der Waals surface area contributed by atoms with Crippen LogP contribution >= 0.6 is 11.8 Å². The van der Waals surface area contributed by atoms with Crippen LogP contribution in [0.3, 0.4) is 0 Å². The first-order valence-corrected chi connectivity index (χ1v) is 8.38. The van der Waals surface area contributed by atoms with Gasteiger partial charge >= 0.3 is 12.3 Å². The van der Waals surface area contributed by atoms with E-state index in [2.05, 4.69) is 4.74 Å². The summed E-state index contributed by atoms with van der Waals surface area (Å²) in [5.41, 5.74) is 0.472. The molecule has 8 heteroatoms. The van der Waals surface area contributed by atoms with Crippen LogP contribution in [0.2, 0.25) is 0 Å². The van der Waals surface area contributed by atoms with Crippen molar-refractivity contribution < 1.29 is 27.5 Å². The molecule has 0 aromatic heterocycles. The van der Waals surface area contributed by atoms with Gasteiger partial charge in [-0.2, -0.15) is 13.2 Å². The number of ether oxygens (including phenoxy) is 1. The molecule has 1 aliphatic heterocycles. The number of hydrogen-bond acceptors (Lipinski definition) is 4. The van der Waals surface area contributed by atoms with E-state index in [0.717, 1.165) is 12.7 Å². The van der Waals surface area contributed by atoms with Gasteiger partial charge in [0.25, 0.3) is 5.91 Å². The van der Waals surface area contributed by atoms with Crippen LogP contribution < -0.4 is 4.90 Å². The molecule has 2 aromatic rings. The molecule has 2 amide bonds. The monoisotopic (exact) mass is 381 g/mol.